The van der Waals surface area contributed by atoms with Gasteiger partial charge in [-0.2, -0.15) is 0 Å². The van der Waals surface area contributed by atoms with E-state index in [1.807, 2.05) is 0 Å². The van der Waals surface area contributed by atoms with E-state index >= 15 is 0 Å². The van der Waals surface area contributed by atoms with Crippen LogP contribution < -0.4 is 0 Å². The lowest BCUT2D eigenvalue weighted by Crippen LogP contribution is -2.04. The van der Waals surface area contributed by atoms with Gasteiger partial charge in [0.25, 0.3) is 11.7 Å². The van der Waals surface area contributed by atoms with Crippen molar-refractivity contribution in [2.75, 3.05) is 0 Å². The molecule has 1 aromatic heterocycles. The zero-order chi connectivity index (χ0) is 12.5. The quantitative estimate of drug-likeness (QED) is 0.481. The maximum Gasteiger partial charge on any atom is 0.300 e. The molecule has 1 rings (SSSR count). The molecule has 0 aliphatic heterocycles. The van der Waals surface area contributed by atoms with Crippen LogP contribution in [0.4, 0.5) is 14.5 Å². The Morgan fingerprint density at radius 2 is 2.12 bits per heavy atom. The van der Waals surface area contributed by atoms with Crippen molar-refractivity contribution in [1.82, 2.24) is 4.98 Å². The Bertz CT molecular complexity index is 467. The molecule has 0 fully saturated rings. The van der Waals surface area contributed by atoms with Crippen LogP contribution in [0.15, 0.2) is 6.20 Å². The summed E-state index contributed by atoms with van der Waals surface area (Å²) in [6, 6.07) is 0. The van der Waals surface area contributed by atoms with Gasteiger partial charge in [-0.15, -0.1) is 0 Å². The largest absolute Gasteiger partial charge is 0.300 e. The number of rotatable bonds is 3. The minimum atomic E-state index is -3.12. The molecule has 0 bridgehead atoms. The molecule has 16 heavy (non-hydrogen) atoms. The number of carbonyl (C=O) groups is 1. The lowest BCUT2D eigenvalue weighted by Gasteiger charge is -2.04. The minimum Gasteiger partial charge on any atom is -0.274 e. The lowest BCUT2D eigenvalue weighted by molar-refractivity contribution is -0.386. The Hall–Kier alpha value is -1.34. The van der Waals surface area contributed by atoms with E-state index in [-0.39, 0.29) is 0 Å². The van der Waals surface area contributed by atoms with Gasteiger partial charge in [0.05, 0.1) is 4.92 Å². The molecule has 0 saturated carbocycles. The molecular formula is C7H2Cl2F2N2O3. The van der Waals surface area contributed by atoms with Crippen molar-refractivity contribution in [3.8, 4) is 0 Å². The van der Waals surface area contributed by atoms with E-state index in [9.17, 15) is 23.7 Å². The van der Waals surface area contributed by atoms with Crippen molar-refractivity contribution in [2.45, 2.75) is 6.43 Å². The van der Waals surface area contributed by atoms with E-state index in [1.54, 1.807) is 0 Å². The third-order valence-corrected chi connectivity index (χ3v) is 2.16. The zero-order valence-corrected chi connectivity index (χ0v) is 8.80. The second-order valence-corrected chi connectivity index (χ2v) is 3.28. The predicted octanol–water partition coefficient (Wildman–Crippen LogP) is 2.96. The van der Waals surface area contributed by atoms with Crippen molar-refractivity contribution in [2.24, 2.45) is 0 Å². The smallest absolute Gasteiger partial charge is 0.274 e. The van der Waals surface area contributed by atoms with Gasteiger partial charge in [0.1, 0.15) is 16.3 Å². The summed E-state index contributed by atoms with van der Waals surface area (Å²) in [5, 5.41) is 8.58. The van der Waals surface area contributed by atoms with Crippen LogP contribution in [-0.2, 0) is 0 Å². The molecular weight excluding hydrogens is 269 g/mol. The Morgan fingerprint density at radius 3 is 2.50 bits per heavy atom. The second-order valence-electron chi connectivity index (χ2n) is 2.56. The maximum atomic E-state index is 12.4. The zero-order valence-electron chi connectivity index (χ0n) is 7.29. The molecule has 0 aliphatic carbocycles. The number of halogens is 4. The first-order chi connectivity index (χ1) is 7.36. The molecule has 0 aromatic carbocycles. The SMILES string of the molecule is O=C(Cl)c1ncc(C(F)F)c([N+](=O)[O-])c1Cl. The fraction of sp³-hybridized carbons (Fsp3) is 0.143. The van der Waals surface area contributed by atoms with Gasteiger partial charge < -0.3 is 0 Å². The Balaban J connectivity index is 3.54. The van der Waals surface area contributed by atoms with E-state index in [0.717, 1.165) is 0 Å². The molecule has 5 nitrogen and oxygen atoms in total. The summed E-state index contributed by atoms with van der Waals surface area (Å²) < 4.78 is 24.8. The van der Waals surface area contributed by atoms with Crippen LogP contribution in [0.2, 0.25) is 5.02 Å². The van der Waals surface area contributed by atoms with Crippen molar-refractivity contribution < 1.29 is 18.5 Å². The predicted molar refractivity (Wildman–Crippen MR) is 51.0 cm³/mol. The second kappa shape index (κ2) is 4.67. The molecule has 1 aromatic rings. The summed E-state index contributed by atoms with van der Waals surface area (Å²) in [5.74, 6) is 0. The summed E-state index contributed by atoms with van der Waals surface area (Å²) in [6.45, 7) is 0. The van der Waals surface area contributed by atoms with E-state index in [2.05, 4.69) is 4.98 Å². The highest BCUT2D eigenvalue weighted by atomic mass is 35.5. The summed E-state index contributed by atoms with van der Waals surface area (Å²) in [7, 11) is 0. The lowest BCUT2D eigenvalue weighted by atomic mass is 10.2. The fourth-order valence-electron chi connectivity index (χ4n) is 0.973. The highest BCUT2D eigenvalue weighted by molar-refractivity contribution is 6.68. The number of alkyl halides is 2. The molecule has 0 unspecified atom stereocenters. The number of hydrogen-bond donors (Lipinski definition) is 0. The van der Waals surface area contributed by atoms with Gasteiger partial charge in [-0.25, -0.2) is 13.8 Å². The maximum absolute atomic E-state index is 12.4. The van der Waals surface area contributed by atoms with Gasteiger partial charge in [-0.1, -0.05) is 11.6 Å². The summed E-state index contributed by atoms with van der Waals surface area (Å²) in [6.07, 6.45) is -2.62. The molecule has 0 amide bonds. The van der Waals surface area contributed by atoms with E-state index in [0.29, 0.717) is 6.20 Å². The molecule has 0 aliphatic rings. The monoisotopic (exact) mass is 270 g/mol. The van der Waals surface area contributed by atoms with Crippen molar-refractivity contribution in [3.05, 3.63) is 32.6 Å². The summed E-state index contributed by atoms with van der Waals surface area (Å²) in [4.78, 5) is 23.4. The number of aromatic nitrogens is 1. The number of carbonyl (C=O) groups excluding carboxylic acids is 1. The molecule has 0 atom stereocenters. The molecule has 0 N–H and O–H groups in total. The van der Waals surface area contributed by atoms with Gasteiger partial charge in [-0.05, 0) is 11.6 Å². The minimum absolute atomic E-state index is 0.504. The first-order valence-electron chi connectivity index (χ1n) is 3.67. The van der Waals surface area contributed by atoms with E-state index in [1.165, 1.54) is 0 Å². The van der Waals surface area contributed by atoms with Gasteiger partial charge >= 0.3 is 5.69 Å². The first kappa shape index (κ1) is 12.7. The molecule has 9 heteroatoms. The Kier molecular flexibility index (Phi) is 3.71. The van der Waals surface area contributed by atoms with Gasteiger partial charge in [0, 0.05) is 6.20 Å². The number of hydrogen-bond acceptors (Lipinski definition) is 4. The molecule has 1 heterocycles. The number of pyridine rings is 1. The Labute approximate surface area is 97.1 Å². The average molecular weight is 271 g/mol. The van der Waals surface area contributed by atoms with Crippen molar-refractivity contribution in [3.63, 3.8) is 0 Å². The highest BCUT2D eigenvalue weighted by Crippen LogP contribution is 2.36. The number of nitrogens with zero attached hydrogens (tertiary/aromatic N) is 2. The summed E-state index contributed by atoms with van der Waals surface area (Å²) >= 11 is 10.4. The van der Waals surface area contributed by atoms with Crippen molar-refractivity contribution in [1.29, 1.82) is 0 Å². The molecule has 0 radical (unpaired) electrons. The average Bonchev–Trinajstić information content (AvgIpc) is 2.15. The number of nitro groups is 1. The van der Waals surface area contributed by atoms with Crippen LogP contribution in [-0.4, -0.2) is 15.1 Å². The highest BCUT2D eigenvalue weighted by Gasteiger charge is 2.29. The van der Waals surface area contributed by atoms with Crippen LogP contribution in [0.1, 0.15) is 22.5 Å². The first-order valence-corrected chi connectivity index (χ1v) is 4.42. The molecule has 0 spiro atoms. The van der Waals surface area contributed by atoms with Crippen LogP contribution in [0.3, 0.4) is 0 Å². The third kappa shape index (κ3) is 2.25. The third-order valence-electron chi connectivity index (χ3n) is 1.63. The van der Waals surface area contributed by atoms with Crippen LogP contribution >= 0.6 is 23.2 Å². The van der Waals surface area contributed by atoms with E-state index in [4.69, 9.17) is 23.2 Å². The molecule has 0 saturated heterocycles. The van der Waals surface area contributed by atoms with Gasteiger partial charge in [-0.3, -0.25) is 14.9 Å². The van der Waals surface area contributed by atoms with Crippen LogP contribution in [0, 0.1) is 10.1 Å². The topological polar surface area (TPSA) is 73.1 Å². The van der Waals surface area contributed by atoms with Gasteiger partial charge in [0.15, 0.2) is 0 Å². The normalized spacial score (nSPS) is 10.6. The molecule has 86 valence electrons. The summed E-state index contributed by atoms with van der Waals surface area (Å²) in [5.41, 5.74) is -2.65. The van der Waals surface area contributed by atoms with Crippen LogP contribution in [0.25, 0.3) is 0 Å². The van der Waals surface area contributed by atoms with E-state index < -0.39 is 38.6 Å². The Morgan fingerprint density at radius 1 is 1.56 bits per heavy atom. The fourth-order valence-corrected chi connectivity index (χ4v) is 1.48. The van der Waals surface area contributed by atoms with Crippen LogP contribution in [0.5, 0.6) is 0 Å². The van der Waals surface area contributed by atoms with Gasteiger partial charge in [0.2, 0.25) is 0 Å². The van der Waals surface area contributed by atoms with Crippen molar-refractivity contribution >= 4 is 34.1 Å². The standard InChI is InChI=1S/C7H2Cl2F2N2O3/c8-3-4(6(9)14)12-1-2(7(10)11)5(3)13(15)16/h1,7H.